The lowest BCUT2D eigenvalue weighted by atomic mass is 10.1. The molecule has 2 rings (SSSR count). The van der Waals surface area contributed by atoms with E-state index >= 15 is 0 Å². The minimum atomic E-state index is -3.97. The molecular weight excluding hydrogens is 286 g/mol. The quantitative estimate of drug-likeness (QED) is 0.627. The van der Waals surface area contributed by atoms with Gasteiger partial charge in [0.2, 0.25) is 10.0 Å². The largest absolute Gasteiger partial charge is 0.379 e. The maximum atomic E-state index is 11.2. The molecule has 0 amide bonds. The average Bonchev–Trinajstić information content (AvgIpc) is 2.38. The van der Waals surface area contributed by atoms with E-state index in [1.807, 2.05) is 0 Å². The van der Waals surface area contributed by atoms with E-state index in [0.29, 0.717) is 13.2 Å². The Kier molecular flexibility index (Phi) is 4.21. The van der Waals surface area contributed by atoms with Gasteiger partial charge in [0.1, 0.15) is 5.69 Å². The minimum Gasteiger partial charge on any atom is -0.379 e. The van der Waals surface area contributed by atoms with Crippen molar-refractivity contribution in [2.24, 2.45) is 5.14 Å². The number of rotatable bonds is 4. The van der Waals surface area contributed by atoms with Crippen LogP contribution in [0.15, 0.2) is 23.1 Å². The highest BCUT2D eigenvalue weighted by Gasteiger charge is 2.22. The van der Waals surface area contributed by atoms with Gasteiger partial charge in [0.15, 0.2) is 0 Å². The maximum absolute atomic E-state index is 11.2. The number of ether oxygens (including phenoxy) is 1. The van der Waals surface area contributed by atoms with E-state index in [0.717, 1.165) is 18.9 Å². The summed E-state index contributed by atoms with van der Waals surface area (Å²) in [5.41, 5.74) is -0.0556. The summed E-state index contributed by atoms with van der Waals surface area (Å²) < 4.78 is 27.7. The SMILES string of the molecule is NS(=O)(=O)c1ccc(N[C@@H]2CCCOC2)c([N+](=O)[O-])c1. The summed E-state index contributed by atoms with van der Waals surface area (Å²) in [6.07, 6.45) is 1.72. The Hall–Kier alpha value is -1.71. The molecule has 1 atom stereocenters. The molecule has 0 aliphatic carbocycles. The van der Waals surface area contributed by atoms with Crippen LogP contribution in [-0.2, 0) is 14.8 Å². The Morgan fingerprint density at radius 1 is 1.45 bits per heavy atom. The van der Waals surface area contributed by atoms with Crippen LogP contribution in [0.25, 0.3) is 0 Å². The second kappa shape index (κ2) is 5.73. The maximum Gasteiger partial charge on any atom is 0.293 e. The first-order valence-corrected chi connectivity index (χ1v) is 7.58. The van der Waals surface area contributed by atoms with Crippen molar-refractivity contribution in [1.82, 2.24) is 0 Å². The molecule has 110 valence electrons. The molecule has 1 aromatic rings. The number of nitrogens with two attached hydrogens (primary N) is 1. The van der Waals surface area contributed by atoms with Gasteiger partial charge < -0.3 is 10.1 Å². The summed E-state index contributed by atoms with van der Waals surface area (Å²) in [4.78, 5) is 10.1. The average molecular weight is 301 g/mol. The zero-order valence-electron chi connectivity index (χ0n) is 10.6. The number of nitro groups is 1. The summed E-state index contributed by atoms with van der Waals surface area (Å²) in [6.45, 7) is 1.15. The van der Waals surface area contributed by atoms with Crippen molar-refractivity contribution in [1.29, 1.82) is 0 Å². The van der Waals surface area contributed by atoms with E-state index in [2.05, 4.69) is 5.32 Å². The molecule has 3 N–H and O–H groups in total. The van der Waals surface area contributed by atoms with Crippen LogP contribution in [-0.4, -0.2) is 32.6 Å². The fraction of sp³-hybridized carbons (Fsp3) is 0.455. The third-order valence-electron chi connectivity index (χ3n) is 3.01. The Morgan fingerprint density at radius 2 is 2.20 bits per heavy atom. The summed E-state index contributed by atoms with van der Waals surface area (Å²) >= 11 is 0. The van der Waals surface area contributed by atoms with Crippen LogP contribution in [0.4, 0.5) is 11.4 Å². The summed E-state index contributed by atoms with van der Waals surface area (Å²) in [5, 5.41) is 19.0. The van der Waals surface area contributed by atoms with E-state index < -0.39 is 14.9 Å². The van der Waals surface area contributed by atoms with Gasteiger partial charge in [0, 0.05) is 18.7 Å². The lowest BCUT2D eigenvalue weighted by molar-refractivity contribution is -0.384. The molecule has 9 heteroatoms. The number of sulfonamides is 1. The number of nitrogens with zero attached hydrogens (tertiary/aromatic N) is 1. The lowest BCUT2D eigenvalue weighted by Crippen LogP contribution is -2.30. The zero-order valence-corrected chi connectivity index (χ0v) is 11.4. The van der Waals surface area contributed by atoms with Crippen molar-refractivity contribution in [3.8, 4) is 0 Å². The fourth-order valence-corrected chi connectivity index (χ4v) is 2.57. The molecule has 1 saturated heterocycles. The number of primary sulfonamides is 1. The van der Waals surface area contributed by atoms with Crippen molar-refractivity contribution in [3.05, 3.63) is 28.3 Å². The Bertz CT molecular complexity index is 610. The molecule has 0 unspecified atom stereocenters. The van der Waals surface area contributed by atoms with Gasteiger partial charge in [0.05, 0.1) is 16.4 Å². The van der Waals surface area contributed by atoms with Gasteiger partial charge in [0.25, 0.3) is 5.69 Å². The van der Waals surface area contributed by atoms with Gasteiger partial charge in [-0.3, -0.25) is 10.1 Å². The number of hydrogen-bond donors (Lipinski definition) is 2. The van der Waals surface area contributed by atoms with E-state index in [-0.39, 0.29) is 22.3 Å². The fourth-order valence-electron chi connectivity index (χ4n) is 2.04. The Morgan fingerprint density at radius 3 is 2.75 bits per heavy atom. The first-order chi connectivity index (χ1) is 9.38. The number of anilines is 1. The van der Waals surface area contributed by atoms with E-state index in [4.69, 9.17) is 9.88 Å². The lowest BCUT2D eigenvalue weighted by Gasteiger charge is -2.24. The van der Waals surface area contributed by atoms with E-state index in [1.165, 1.54) is 12.1 Å². The molecule has 20 heavy (non-hydrogen) atoms. The highest BCUT2D eigenvalue weighted by atomic mass is 32.2. The molecule has 0 saturated carbocycles. The summed E-state index contributed by atoms with van der Waals surface area (Å²) in [7, 11) is -3.97. The van der Waals surface area contributed by atoms with Gasteiger partial charge >= 0.3 is 0 Å². The number of nitrogens with one attached hydrogen (secondary N) is 1. The predicted molar refractivity (Wildman–Crippen MR) is 71.9 cm³/mol. The van der Waals surface area contributed by atoms with Crippen molar-refractivity contribution in [3.63, 3.8) is 0 Å². The third kappa shape index (κ3) is 3.44. The van der Waals surface area contributed by atoms with Crippen LogP contribution in [0, 0.1) is 10.1 Å². The monoisotopic (exact) mass is 301 g/mol. The van der Waals surface area contributed by atoms with Crippen LogP contribution in [0.3, 0.4) is 0 Å². The van der Waals surface area contributed by atoms with Crippen LogP contribution < -0.4 is 10.5 Å². The molecular formula is C11H15N3O5S. The second-order valence-electron chi connectivity index (χ2n) is 4.54. The van der Waals surface area contributed by atoms with Crippen molar-refractivity contribution in [2.75, 3.05) is 18.5 Å². The molecule has 0 spiro atoms. The van der Waals surface area contributed by atoms with Gasteiger partial charge in [-0.1, -0.05) is 0 Å². The highest BCUT2D eigenvalue weighted by molar-refractivity contribution is 7.89. The molecule has 0 aromatic heterocycles. The summed E-state index contributed by atoms with van der Waals surface area (Å²) in [6, 6.07) is 3.53. The molecule has 8 nitrogen and oxygen atoms in total. The van der Waals surface area contributed by atoms with E-state index in [1.54, 1.807) is 0 Å². The van der Waals surface area contributed by atoms with Crippen LogP contribution in [0.5, 0.6) is 0 Å². The minimum absolute atomic E-state index is 0.0252. The standard InChI is InChI=1S/C11H15N3O5S/c12-20(17,18)9-3-4-10(11(6-9)14(15)16)13-8-2-1-5-19-7-8/h3-4,6,8,13H,1-2,5,7H2,(H2,12,17,18)/t8-/m1/s1. The summed E-state index contributed by atoms with van der Waals surface area (Å²) in [5.74, 6) is 0. The van der Waals surface area contributed by atoms with Gasteiger partial charge in [-0.15, -0.1) is 0 Å². The molecule has 1 heterocycles. The van der Waals surface area contributed by atoms with E-state index in [9.17, 15) is 18.5 Å². The smallest absolute Gasteiger partial charge is 0.293 e. The first-order valence-electron chi connectivity index (χ1n) is 6.03. The molecule has 0 radical (unpaired) electrons. The molecule has 1 aliphatic heterocycles. The van der Waals surface area contributed by atoms with Gasteiger partial charge in [-0.25, -0.2) is 13.6 Å². The molecule has 0 bridgehead atoms. The normalized spacial score (nSPS) is 19.6. The molecule has 1 aliphatic rings. The third-order valence-corrected chi connectivity index (χ3v) is 3.93. The van der Waals surface area contributed by atoms with Crippen molar-refractivity contribution < 1.29 is 18.1 Å². The topological polar surface area (TPSA) is 125 Å². The highest BCUT2D eigenvalue weighted by Crippen LogP contribution is 2.28. The predicted octanol–water partition coefficient (Wildman–Crippen LogP) is 0.833. The van der Waals surface area contributed by atoms with Crippen molar-refractivity contribution in [2.45, 2.75) is 23.8 Å². The van der Waals surface area contributed by atoms with Crippen LogP contribution >= 0.6 is 0 Å². The number of hydrogen-bond acceptors (Lipinski definition) is 6. The Balaban J connectivity index is 2.30. The zero-order chi connectivity index (χ0) is 14.8. The van der Waals surface area contributed by atoms with Crippen LogP contribution in [0.2, 0.25) is 0 Å². The number of nitro benzene ring substituents is 1. The second-order valence-corrected chi connectivity index (χ2v) is 6.10. The van der Waals surface area contributed by atoms with Gasteiger partial charge in [-0.2, -0.15) is 0 Å². The van der Waals surface area contributed by atoms with Gasteiger partial charge in [-0.05, 0) is 25.0 Å². The molecule has 1 fully saturated rings. The Labute approximate surface area is 116 Å². The van der Waals surface area contributed by atoms with Crippen LogP contribution in [0.1, 0.15) is 12.8 Å². The number of benzene rings is 1. The first kappa shape index (κ1) is 14.7. The molecule has 1 aromatic carbocycles. The van der Waals surface area contributed by atoms with Crippen molar-refractivity contribution >= 4 is 21.4 Å².